The van der Waals surface area contributed by atoms with E-state index in [1.54, 1.807) is 11.8 Å². The summed E-state index contributed by atoms with van der Waals surface area (Å²) >= 11 is 1.69. The van der Waals surface area contributed by atoms with Crippen LogP contribution in [0.3, 0.4) is 0 Å². The second kappa shape index (κ2) is 9.05. The van der Waals surface area contributed by atoms with Crippen molar-refractivity contribution in [2.75, 3.05) is 0 Å². The number of aromatic amines is 1. The molecule has 1 unspecified atom stereocenters. The van der Waals surface area contributed by atoms with Crippen LogP contribution in [0, 0.1) is 0 Å². The van der Waals surface area contributed by atoms with E-state index in [1.807, 2.05) is 48.7 Å². The van der Waals surface area contributed by atoms with Crippen LogP contribution in [0.25, 0.3) is 11.0 Å². The molecule has 4 rings (SSSR count). The van der Waals surface area contributed by atoms with Gasteiger partial charge in [-0.3, -0.25) is 4.98 Å². The topological polar surface area (TPSA) is 99.1 Å². The van der Waals surface area contributed by atoms with Crippen LogP contribution in [0.1, 0.15) is 28.2 Å². The lowest BCUT2D eigenvalue weighted by molar-refractivity contribution is 0.0697. The van der Waals surface area contributed by atoms with Crippen LogP contribution in [-0.4, -0.2) is 31.1 Å². The third-order valence-electron chi connectivity index (χ3n) is 3.87. The van der Waals surface area contributed by atoms with Crippen molar-refractivity contribution in [2.45, 2.75) is 17.3 Å². The van der Waals surface area contributed by atoms with Gasteiger partial charge in [0.15, 0.2) is 5.16 Å². The molecule has 0 spiro atoms. The number of phenols is 1. The highest BCUT2D eigenvalue weighted by molar-refractivity contribution is 7.99. The third kappa shape index (κ3) is 5.11. The number of aromatic hydroxyl groups is 1. The molecular formula is C21H19N3O3S. The van der Waals surface area contributed by atoms with Gasteiger partial charge in [-0.05, 0) is 55.5 Å². The maximum absolute atomic E-state index is 10.2. The number of para-hydroxylation sites is 2. The minimum Gasteiger partial charge on any atom is -0.508 e. The highest BCUT2D eigenvalue weighted by atomic mass is 32.2. The highest BCUT2D eigenvalue weighted by Crippen LogP contribution is 2.32. The molecule has 1 atom stereocenters. The molecule has 2 aromatic carbocycles. The number of aromatic nitrogens is 3. The summed E-state index contributed by atoms with van der Waals surface area (Å²) in [4.78, 5) is 22.5. The Kier molecular flexibility index (Phi) is 6.29. The molecule has 4 aromatic rings. The van der Waals surface area contributed by atoms with E-state index in [-0.39, 0.29) is 16.6 Å². The van der Waals surface area contributed by atoms with Gasteiger partial charge in [-0.1, -0.05) is 30.0 Å². The summed E-state index contributed by atoms with van der Waals surface area (Å²) < 4.78 is 0. The molecule has 28 heavy (non-hydrogen) atoms. The van der Waals surface area contributed by atoms with Crippen molar-refractivity contribution in [3.8, 4) is 5.75 Å². The number of phenolic OH excluding ortho intramolecular Hbond substituents is 1. The Morgan fingerprint density at radius 1 is 1.04 bits per heavy atom. The van der Waals surface area contributed by atoms with Gasteiger partial charge >= 0.3 is 5.97 Å². The lowest BCUT2D eigenvalue weighted by atomic mass is 10.2. The molecule has 0 fully saturated rings. The fourth-order valence-corrected chi connectivity index (χ4v) is 3.35. The number of carboxylic acid groups (broad SMARTS) is 1. The van der Waals surface area contributed by atoms with E-state index in [1.165, 1.54) is 24.3 Å². The molecule has 0 aliphatic heterocycles. The molecule has 3 N–H and O–H groups in total. The number of carboxylic acids is 1. The molecule has 0 aliphatic rings. The highest BCUT2D eigenvalue weighted by Gasteiger charge is 2.11. The first kappa shape index (κ1) is 19.4. The number of hydrogen-bond donors (Lipinski definition) is 3. The van der Waals surface area contributed by atoms with Gasteiger partial charge in [-0.2, -0.15) is 0 Å². The number of carbonyl (C=O) groups is 1. The number of H-pyrrole nitrogens is 1. The Morgan fingerprint density at radius 2 is 1.75 bits per heavy atom. The summed E-state index contributed by atoms with van der Waals surface area (Å²) in [6.07, 6.45) is 1.82. The largest absolute Gasteiger partial charge is 0.508 e. The summed E-state index contributed by atoms with van der Waals surface area (Å²) in [5.74, 6) is -0.912. The molecule has 0 radical (unpaired) electrons. The Hall–Kier alpha value is -3.32. The Balaban J connectivity index is 0.000000192. The number of nitrogens with zero attached hydrogens (tertiary/aromatic N) is 2. The number of fused-ring (bicyclic) bond motifs is 1. The first-order valence-electron chi connectivity index (χ1n) is 8.57. The number of nitrogens with one attached hydrogen (secondary N) is 1. The second-order valence-electron chi connectivity index (χ2n) is 5.93. The van der Waals surface area contributed by atoms with Crippen molar-refractivity contribution in [1.29, 1.82) is 0 Å². The molecule has 0 saturated heterocycles. The van der Waals surface area contributed by atoms with E-state index >= 15 is 0 Å². The zero-order valence-corrected chi connectivity index (χ0v) is 15.9. The van der Waals surface area contributed by atoms with Gasteiger partial charge < -0.3 is 15.2 Å². The lowest BCUT2D eigenvalue weighted by Crippen LogP contribution is -1.93. The monoisotopic (exact) mass is 393 g/mol. The standard InChI is InChI=1S/C14H13N3S.C7H6O3/c1-10(11-6-4-5-9-15-11)18-14-16-12-7-2-3-8-13(12)17-14;8-6-3-1-5(2-4-6)7(9)10/h2-10H,1H3,(H,16,17);1-4,8H,(H,9,10). The summed E-state index contributed by atoms with van der Waals surface area (Å²) in [6, 6.07) is 19.4. The number of aromatic carboxylic acids is 1. The number of rotatable bonds is 4. The molecule has 7 heteroatoms. The van der Waals surface area contributed by atoms with E-state index in [2.05, 4.69) is 21.9 Å². The number of benzene rings is 2. The molecule has 0 amide bonds. The van der Waals surface area contributed by atoms with Crippen molar-refractivity contribution in [3.05, 3.63) is 84.2 Å². The van der Waals surface area contributed by atoms with Crippen molar-refractivity contribution >= 4 is 28.8 Å². The fourth-order valence-electron chi connectivity index (χ4n) is 2.43. The maximum atomic E-state index is 10.2. The molecular weight excluding hydrogens is 374 g/mol. The van der Waals surface area contributed by atoms with Crippen LogP contribution < -0.4 is 0 Å². The number of pyridine rings is 1. The van der Waals surface area contributed by atoms with Gasteiger partial charge in [0.25, 0.3) is 0 Å². The third-order valence-corrected chi connectivity index (χ3v) is 4.89. The van der Waals surface area contributed by atoms with Crippen molar-refractivity contribution in [2.24, 2.45) is 0 Å². The number of imidazole rings is 1. The predicted molar refractivity (Wildman–Crippen MR) is 110 cm³/mol. The first-order valence-corrected chi connectivity index (χ1v) is 9.45. The van der Waals surface area contributed by atoms with E-state index in [0.29, 0.717) is 0 Å². The molecule has 142 valence electrons. The smallest absolute Gasteiger partial charge is 0.335 e. The average Bonchev–Trinajstić information content (AvgIpc) is 3.12. The number of hydrogen-bond acceptors (Lipinski definition) is 5. The summed E-state index contributed by atoms with van der Waals surface area (Å²) in [5, 5.41) is 18.4. The zero-order chi connectivity index (χ0) is 19.9. The van der Waals surface area contributed by atoms with Crippen LogP contribution in [0.5, 0.6) is 5.75 Å². The molecule has 6 nitrogen and oxygen atoms in total. The Bertz CT molecular complexity index is 1020. The Labute approximate surface area is 166 Å². The molecule has 0 saturated carbocycles. The fraction of sp³-hybridized carbons (Fsp3) is 0.0952. The van der Waals surface area contributed by atoms with Crippen molar-refractivity contribution in [1.82, 2.24) is 15.0 Å². The maximum Gasteiger partial charge on any atom is 0.335 e. The summed E-state index contributed by atoms with van der Waals surface area (Å²) in [5.41, 5.74) is 3.34. The van der Waals surface area contributed by atoms with Crippen LogP contribution in [0.4, 0.5) is 0 Å². The predicted octanol–water partition coefficient (Wildman–Crippen LogP) is 4.90. The molecule has 2 heterocycles. The van der Waals surface area contributed by atoms with Crippen LogP contribution >= 0.6 is 11.8 Å². The van der Waals surface area contributed by atoms with Gasteiger partial charge in [0.05, 0.1) is 27.5 Å². The minimum absolute atomic E-state index is 0.0741. The zero-order valence-electron chi connectivity index (χ0n) is 15.1. The van der Waals surface area contributed by atoms with Crippen molar-refractivity contribution in [3.63, 3.8) is 0 Å². The molecule has 0 aliphatic carbocycles. The SMILES string of the molecule is CC(Sc1nc2ccccc2[nH]1)c1ccccn1.O=C(O)c1ccc(O)cc1. The normalized spacial score (nSPS) is 11.5. The number of thioether (sulfide) groups is 1. The first-order chi connectivity index (χ1) is 13.5. The van der Waals surface area contributed by atoms with Gasteiger partial charge in [-0.25, -0.2) is 9.78 Å². The van der Waals surface area contributed by atoms with Gasteiger partial charge in [-0.15, -0.1) is 0 Å². The molecule has 0 bridgehead atoms. The van der Waals surface area contributed by atoms with E-state index in [4.69, 9.17) is 10.2 Å². The van der Waals surface area contributed by atoms with Gasteiger partial charge in [0.2, 0.25) is 0 Å². The van der Waals surface area contributed by atoms with Crippen molar-refractivity contribution < 1.29 is 15.0 Å². The minimum atomic E-state index is -0.986. The van der Waals surface area contributed by atoms with Crippen LogP contribution in [-0.2, 0) is 0 Å². The van der Waals surface area contributed by atoms with Gasteiger partial charge in [0.1, 0.15) is 5.75 Å². The van der Waals surface area contributed by atoms with Gasteiger partial charge in [0, 0.05) is 6.20 Å². The van der Waals surface area contributed by atoms with Crippen LogP contribution in [0.2, 0.25) is 0 Å². The molecule has 2 aromatic heterocycles. The summed E-state index contributed by atoms with van der Waals surface area (Å²) in [6.45, 7) is 2.14. The van der Waals surface area contributed by atoms with E-state index in [9.17, 15) is 4.79 Å². The summed E-state index contributed by atoms with van der Waals surface area (Å²) in [7, 11) is 0. The van der Waals surface area contributed by atoms with E-state index in [0.717, 1.165) is 21.9 Å². The van der Waals surface area contributed by atoms with Crippen LogP contribution in [0.15, 0.2) is 78.1 Å². The quantitative estimate of drug-likeness (QED) is 0.427. The lowest BCUT2D eigenvalue weighted by Gasteiger charge is -2.07. The average molecular weight is 393 g/mol. The van der Waals surface area contributed by atoms with E-state index < -0.39 is 5.97 Å². The Morgan fingerprint density at radius 3 is 2.39 bits per heavy atom. The second-order valence-corrected chi connectivity index (χ2v) is 7.26.